The fourth-order valence-corrected chi connectivity index (χ4v) is 1.08. The number of carbonyl (C=O) groups excluding carboxylic acids is 1. The summed E-state index contributed by atoms with van der Waals surface area (Å²) in [6.07, 6.45) is 2.24. The van der Waals surface area contributed by atoms with Crippen LogP contribution in [0.15, 0.2) is 24.3 Å². The van der Waals surface area contributed by atoms with E-state index in [4.69, 9.17) is 9.84 Å². The summed E-state index contributed by atoms with van der Waals surface area (Å²) in [5, 5.41) is 8.39. The Labute approximate surface area is 87.5 Å². The molecule has 1 N–H and O–H groups in total. The number of hydrogen-bond donors (Lipinski definition) is 1. The molecule has 0 aliphatic rings. The number of aliphatic carboxylic acids is 1. The van der Waals surface area contributed by atoms with Crippen molar-refractivity contribution in [2.45, 2.75) is 12.8 Å². The van der Waals surface area contributed by atoms with Gasteiger partial charge in [-0.2, -0.15) is 0 Å². The molecular formula is C11H11O4. The number of carboxylic acids is 1. The number of hydrogen-bond acceptors (Lipinski definition) is 3. The van der Waals surface area contributed by atoms with Crippen LogP contribution in [0.4, 0.5) is 0 Å². The molecule has 1 radical (unpaired) electrons. The molecule has 0 saturated heterocycles. The number of para-hydroxylation sites is 1. The van der Waals surface area contributed by atoms with Crippen LogP contribution in [0.3, 0.4) is 0 Å². The molecule has 4 heteroatoms. The van der Waals surface area contributed by atoms with Gasteiger partial charge >= 0.3 is 5.97 Å². The molecule has 4 nitrogen and oxygen atoms in total. The van der Waals surface area contributed by atoms with Crippen molar-refractivity contribution in [2.75, 3.05) is 6.61 Å². The van der Waals surface area contributed by atoms with Crippen LogP contribution in [0.25, 0.3) is 0 Å². The summed E-state index contributed by atoms with van der Waals surface area (Å²) in [6, 6.07) is 6.71. The maximum Gasteiger partial charge on any atom is 0.303 e. The first-order chi connectivity index (χ1) is 7.24. The molecule has 1 aromatic carbocycles. The van der Waals surface area contributed by atoms with Crippen molar-refractivity contribution in [2.24, 2.45) is 0 Å². The van der Waals surface area contributed by atoms with E-state index in [-0.39, 0.29) is 13.0 Å². The zero-order chi connectivity index (χ0) is 11.1. The molecule has 15 heavy (non-hydrogen) atoms. The van der Waals surface area contributed by atoms with Crippen LogP contribution in [0.5, 0.6) is 5.75 Å². The van der Waals surface area contributed by atoms with Crippen molar-refractivity contribution in [1.82, 2.24) is 0 Å². The van der Waals surface area contributed by atoms with Crippen LogP contribution in [-0.4, -0.2) is 24.0 Å². The van der Waals surface area contributed by atoms with Crippen molar-refractivity contribution in [3.05, 3.63) is 29.8 Å². The Morgan fingerprint density at radius 3 is 2.80 bits per heavy atom. The standard InChI is InChI=1S/C11H11O4/c12-8-9-4-1-2-5-10(9)15-7-3-6-11(13)14/h1-2,4-5H,3,6-7H2,(H,13,14). The Hall–Kier alpha value is -1.84. The van der Waals surface area contributed by atoms with E-state index in [0.29, 0.717) is 17.7 Å². The Morgan fingerprint density at radius 1 is 1.40 bits per heavy atom. The predicted molar refractivity (Wildman–Crippen MR) is 53.6 cm³/mol. The molecule has 79 valence electrons. The molecule has 0 unspecified atom stereocenters. The van der Waals surface area contributed by atoms with Crippen molar-refractivity contribution in [1.29, 1.82) is 0 Å². The SMILES string of the molecule is O=[C]c1ccccc1OCCCC(=O)O. The third-order valence-corrected chi connectivity index (χ3v) is 1.79. The van der Waals surface area contributed by atoms with E-state index < -0.39 is 5.97 Å². The summed E-state index contributed by atoms with van der Waals surface area (Å²) in [5.41, 5.74) is 0.354. The zero-order valence-electron chi connectivity index (χ0n) is 8.10. The highest BCUT2D eigenvalue weighted by molar-refractivity contribution is 5.79. The molecule has 1 rings (SSSR count). The minimum absolute atomic E-state index is 0.0625. The van der Waals surface area contributed by atoms with Gasteiger partial charge in [-0.05, 0) is 18.6 Å². The number of carboxylic acid groups (broad SMARTS) is 1. The average Bonchev–Trinajstić information content (AvgIpc) is 2.24. The Kier molecular flexibility index (Phi) is 4.34. The molecule has 0 aromatic heterocycles. The first-order valence-corrected chi connectivity index (χ1v) is 4.56. The van der Waals surface area contributed by atoms with E-state index in [1.807, 2.05) is 0 Å². The zero-order valence-corrected chi connectivity index (χ0v) is 8.10. The van der Waals surface area contributed by atoms with Crippen LogP contribution in [-0.2, 0) is 9.59 Å². The fraction of sp³-hybridized carbons (Fsp3) is 0.273. The Bertz CT molecular complexity index is 346. The van der Waals surface area contributed by atoms with Gasteiger partial charge in [0.15, 0.2) is 0 Å². The summed E-state index contributed by atoms with van der Waals surface area (Å²) in [7, 11) is 0. The van der Waals surface area contributed by atoms with Gasteiger partial charge in [0, 0.05) is 6.42 Å². The van der Waals surface area contributed by atoms with Crippen LogP contribution in [0.2, 0.25) is 0 Å². The molecular weight excluding hydrogens is 196 g/mol. The van der Waals surface area contributed by atoms with Crippen molar-refractivity contribution in [3.8, 4) is 5.75 Å². The van der Waals surface area contributed by atoms with Crippen LogP contribution in [0.1, 0.15) is 18.4 Å². The Balaban J connectivity index is 2.43. The predicted octanol–water partition coefficient (Wildman–Crippen LogP) is 1.39. The fourth-order valence-electron chi connectivity index (χ4n) is 1.08. The molecule has 0 bridgehead atoms. The summed E-state index contributed by atoms with van der Waals surface area (Å²) >= 11 is 0. The Morgan fingerprint density at radius 2 is 2.13 bits per heavy atom. The van der Waals surface area contributed by atoms with Crippen LogP contribution >= 0.6 is 0 Å². The van der Waals surface area contributed by atoms with E-state index >= 15 is 0 Å². The van der Waals surface area contributed by atoms with Gasteiger partial charge in [-0.15, -0.1) is 0 Å². The molecule has 0 aliphatic carbocycles. The van der Waals surface area contributed by atoms with Crippen LogP contribution < -0.4 is 4.74 Å². The number of carbonyl (C=O) groups is 1. The smallest absolute Gasteiger partial charge is 0.303 e. The van der Waals surface area contributed by atoms with E-state index in [2.05, 4.69) is 0 Å². The van der Waals surface area contributed by atoms with E-state index in [9.17, 15) is 9.59 Å². The summed E-state index contributed by atoms with van der Waals surface area (Å²) < 4.78 is 5.25. The number of ether oxygens (including phenoxy) is 1. The van der Waals surface area contributed by atoms with Crippen LogP contribution in [0, 0.1) is 0 Å². The number of benzene rings is 1. The van der Waals surface area contributed by atoms with Gasteiger partial charge in [-0.25, -0.2) is 0 Å². The van der Waals surface area contributed by atoms with Crippen molar-refractivity contribution < 1.29 is 19.4 Å². The second-order valence-corrected chi connectivity index (χ2v) is 2.94. The second-order valence-electron chi connectivity index (χ2n) is 2.94. The minimum Gasteiger partial charge on any atom is -0.493 e. The molecule has 0 heterocycles. The van der Waals surface area contributed by atoms with Gasteiger partial charge in [0.1, 0.15) is 5.75 Å². The summed E-state index contributed by atoms with van der Waals surface area (Å²) in [6.45, 7) is 0.283. The summed E-state index contributed by atoms with van der Waals surface area (Å²) in [5.74, 6) is -0.410. The highest BCUT2D eigenvalue weighted by atomic mass is 16.5. The first-order valence-electron chi connectivity index (χ1n) is 4.56. The molecule has 0 spiro atoms. The maximum absolute atomic E-state index is 10.5. The molecule has 1 aromatic rings. The first kappa shape index (κ1) is 11.2. The van der Waals surface area contributed by atoms with E-state index in [0.717, 1.165) is 0 Å². The largest absolute Gasteiger partial charge is 0.493 e. The third-order valence-electron chi connectivity index (χ3n) is 1.79. The lowest BCUT2D eigenvalue weighted by Crippen LogP contribution is -2.03. The molecule has 0 saturated carbocycles. The maximum atomic E-state index is 10.5. The van der Waals surface area contributed by atoms with E-state index in [1.54, 1.807) is 30.6 Å². The van der Waals surface area contributed by atoms with Crippen molar-refractivity contribution >= 4 is 12.3 Å². The van der Waals surface area contributed by atoms with Gasteiger partial charge in [-0.1, -0.05) is 12.1 Å². The quantitative estimate of drug-likeness (QED) is 0.716. The van der Waals surface area contributed by atoms with Gasteiger partial charge in [0.25, 0.3) is 0 Å². The van der Waals surface area contributed by atoms with Crippen molar-refractivity contribution in [3.63, 3.8) is 0 Å². The third kappa shape index (κ3) is 3.81. The molecule has 0 atom stereocenters. The normalized spacial score (nSPS) is 9.60. The molecule has 0 amide bonds. The topological polar surface area (TPSA) is 63.6 Å². The monoisotopic (exact) mass is 207 g/mol. The van der Waals surface area contributed by atoms with Gasteiger partial charge in [0.2, 0.25) is 6.29 Å². The molecule has 0 fully saturated rings. The van der Waals surface area contributed by atoms with E-state index in [1.165, 1.54) is 0 Å². The minimum atomic E-state index is -0.853. The lowest BCUT2D eigenvalue weighted by molar-refractivity contribution is -0.137. The molecule has 0 aliphatic heterocycles. The van der Waals surface area contributed by atoms with Gasteiger partial charge in [-0.3, -0.25) is 9.59 Å². The highest BCUT2D eigenvalue weighted by Crippen LogP contribution is 2.15. The second kappa shape index (κ2) is 5.80. The lowest BCUT2D eigenvalue weighted by atomic mass is 10.2. The van der Waals surface area contributed by atoms with Gasteiger partial charge in [0.05, 0.1) is 12.2 Å². The summed E-state index contributed by atoms with van der Waals surface area (Å²) in [4.78, 5) is 20.7. The highest BCUT2D eigenvalue weighted by Gasteiger charge is 2.02. The number of rotatable bonds is 6. The average molecular weight is 207 g/mol. The van der Waals surface area contributed by atoms with Gasteiger partial charge < -0.3 is 9.84 Å². The lowest BCUT2D eigenvalue weighted by Gasteiger charge is -2.06.